The summed E-state index contributed by atoms with van der Waals surface area (Å²) in [6.45, 7) is 6.29. The van der Waals surface area contributed by atoms with Gasteiger partial charge >= 0.3 is 0 Å². The SMILES string of the molecule is Cc1cc(=O)c(O)c(CN2CCN(Cc3ccc(F)cc3)CC2)o1. The summed E-state index contributed by atoms with van der Waals surface area (Å²) in [4.78, 5) is 16.1. The standard InChI is InChI=1S/C18H21FN2O3/c1-13-10-16(22)18(23)17(24-13)12-21-8-6-20(7-9-21)11-14-2-4-15(19)5-3-14/h2-5,10,23H,6-9,11-12H2,1H3. The van der Waals surface area contributed by atoms with Crippen LogP contribution in [0.25, 0.3) is 0 Å². The lowest BCUT2D eigenvalue weighted by molar-refractivity contribution is 0.113. The number of piperazine rings is 1. The van der Waals surface area contributed by atoms with Crippen molar-refractivity contribution < 1.29 is 13.9 Å². The summed E-state index contributed by atoms with van der Waals surface area (Å²) in [7, 11) is 0. The van der Waals surface area contributed by atoms with E-state index in [0.717, 1.165) is 38.3 Å². The van der Waals surface area contributed by atoms with E-state index < -0.39 is 5.43 Å². The molecule has 0 bridgehead atoms. The zero-order valence-electron chi connectivity index (χ0n) is 13.7. The number of halogens is 1. The van der Waals surface area contributed by atoms with E-state index in [-0.39, 0.29) is 11.6 Å². The summed E-state index contributed by atoms with van der Waals surface area (Å²) in [5, 5.41) is 9.85. The Bertz CT molecular complexity index is 750. The number of hydrogen-bond donors (Lipinski definition) is 1. The average molecular weight is 332 g/mol. The first kappa shape index (κ1) is 16.7. The van der Waals surface area contributed by atoms with Crippen LogP contribution in [0.15, 0.2) is 39.5 Å². The highest BCUT2D eigenvalue weighted by Gasteiger charge is 2.20. The van der Waals surface area contributed by atoms with E-state index >= 15 is 0 Å². The zero-order valence-corrected chi connectivity index (χ0v) is 13.7. The van der Waals surface area contributed by atoms with Gasteiger partial charge in [0.25, 0.3) is 0 Å². The van der Waals surface area contributed by atoms with Gasteiger partial charge < -0.3 is 9.52 Å². The second-order valence-electron chi connectivity index (χ2n) is 6.17. The molecule has 5 nitrogen and oxygen atoms in total. The van der Waals surface area contributed by atoms with Crippen molar-refractivity contribution in [2.24, 2.45) is 0 Å². The number of benzene rings is 1. The fraction of sp³-hybridized carbons (Fsp3) is 0.389. The molecule has 1 saturated heterocycles. The topological polar surface area (TPSA) is 56.9 Å². The van der Waals surface area contributed by atoms with Crippen LogP contribution in [0.2, 0.25) is 0 Å². The predicted octanol–water partition coefficient (Wildman–Crippen LogP) is 2.11. The molecular formula is C18H21FN2O3. The van der Waals surface area contributed by atoms with Crippen molar-refractivity contribution in [1.29, 1.82) is 0 Å². The van der Waals surface area contributed by atoms with Crippen LogP contribution in [0.3, 0.4) is 0 Å². The Morgan fingerprint density at radius 3 is 2.29 bits per heavy atom. The maximum atomic E-state index is 12.9. The Kier molecular flexibility index (Phi) is 4.97. The van der Waals surface area contributed by atoms with Crippen molar-refractivity contribution in [3.63, 3.8) is 0 Å². The highest BCUT2D eigenvalue weighted by atomic mass is 19.1. The van der Waals surface area contributed by atoms with E-state index in [2.05, 4.69) is 9.80 Å². The summed E-state index contributed by atoms with van der Waals surface area (Å²) in [5.41, 5.74) is 0.691. The molecule has 0 radical (unpaired) electrons. The third-order valence-corrected chi connectivity index (χ3v) is 4.27. The van der Waals surface area contributed by atoms with Gasteiger partial charge in [0.2, 0.25) is 11.2 Å². The fourth-order valence-corrected chi connectivity index (χ4v) is 2.93. The minimum Gasteiger partial charge on any atom is -0.502 e. The number of nitrogens with zero attached hydrogens (tertiary/aromatic N) is 2. The number of aryl methyl sites for hydroxylation is 1. The van der Waals surface area contributed by atoms with E-state index in [1.54, 1.807) is 19.1 Å². The molecule has 6 heteroatoms. The van der Waals surface area contributed by atoms with Crippen molar-refractivity contribution in [2.75, 3.05) is 26.2 Å². The molecule has 3 rings (SSSR count). The molecule has 0 amide bonds. The molecule has 0 spiro atoms. The molecule has 0 saturated carbocycles. The van der Waals surface area contributed by atoms with Gasteiger partial charge in [0, 0.05) is 38.8 Å². The molecule has 1 N–H and O–H groups in total. The van der Waals surface area contributed by atoms with Gasteiger partial charge in [-0.05, 0) is 24.6 Å². The summed E-state index contributed by atoms with van der Waals surface area (Å²) < 4.78 is 18.4. The summed E-state index contributed by atoms with van der Waals surface area (Å²) in [5.74, 6) is 0.312. The van der Waals surface area contributed by atoms with E-state index in [1.165, 1.54) is 18.2 Å². The Morgan fingerprint density at radius 2 is 1.67 bits per heavy atom. The second-order valence-corrected chi connectivity index (χ2v) is 6.17. The maximum absolute atomic E-state index is 12.9. The maximum Gasteiger partial charge on any atom is 0.227 e. The molecule has 2 heterocycles. The first-order valence-electron chi connectivity index (χ1n) is 8.03. The fourth-order valence-electron chi connectivity index (χ4n) is 2.93. The number of aromatic hydroxyl groups is 1. The molecular weight excluding hydrogens is 311 g/mol. The van der Waals surface area contributed by atoms with Crippen LogP contribution in [0.5, 0.6) is 5.75 Å². The lowest BCUT2D eigenvalue weighted by Crippen LogP contribution is -2.45. The van der Waals surface area contributed by atoms with Gasteiger partial charge in [0.1, 0.15) is 11.6 Å². The van der Waals surface area contributed by atoms with Crippen molar-refractivity contribution in [3.05, 3.63) is 63.5 Å². The molecule has 24 heavy (non-hydrogen) atoms. The van der Waals surface area contributed by atoms with Crippen LogP contribution in [-0.4, -0.2) is 41.1 Å². The first-order chi connectivity index (χ1) is 11.5. The van der Waals surface area contributed by atoms with E-state index in [4.69, 9.17) is 4.42 Å². The molecule has 1 aromatic heterocycles. The van der Waals surface area contributed by atoms with Crippen LogP contribution < -0.4 is 5.43 Å². The first-order valence-corrected chi connectivity index (χ1v) is 8.03. The predicted molar refractivity (Wildman–Crippen MR) is 88.3 cm³/mol. The van der Waals surface area contributed by atoms with Crippen molar-refractivity contribution >= 4 is 0 Å². The second kappa shape index (κ2) is 7.15. The van der Waals surface area contributed by atoms with Crippen LogP contribution in [0.4, 0.5) is 4.39 Å². The molecule has 0 atom stereocenters. The summed E-state index contributed by atoms with van der Waals surface area (Å²) >= 11 is 0. The van der Waals surface area contributed by atoms with E-state index in [1.807, 2.05) is 0 Å². The van der Waals surface area contributed by atoms with Gasteiger partial charge in [-0.15, -0.1) is 0 Å². The van der Waals surface area contributed by atoms with Gasteiger partial charge in [0.15, 0.2) is 5.76 Å². The van der Waals surface area contributed by atoms with Gasteiger partial charge in [-0.2, -0.15) is 0 Å². The largest absolute Gasteiger partial charge is 0.502 e. The molecule has 0 unspecified atom stereocenters. The normalized spacial score (nSPS) is 16.4. The molecule has 1 aliphatic heterocycles. The molecule has 2 aromatic rings. The molecule has 0 aliphatic carbocycles. The Hall–Kier alpha value is -2.18. The molecule has 128 valence electrons. The Labute approximate surface area is 139 Å². The zero-order chi connectivity index (χ0) is 17.1. The minimum atomic E-state index is -0.399. The highest BCUT2D eigenvalue weighted by Crippen LogP contribution is 2.17. The molecule has 1 aromatic carbocycles. The minimum absolute atomic E-state index is 0.219. The summed E-state index contributed by atoms with van der Waals surface area (Å²) in [6, 6.07) is 7.87. The van der Waals surface area contributed by atoms with Crippen molar-refractivity contribution in [2.45, 2.75) is 20.0 Å². The molecule has 1 fully saturated rings. The average Bonchev–Trinajstić information content (AvgIpc) is 2.56. The van der Waals surface area contributed by atoms with Crippen LogP contribution in [-0.2, 0) is 13.1 Å². The quantitative estimate of drug-likeness (QED) is 0.929. The van der Waals surface area contributed by atoms with Gasteiger partial charge in [0.05, 0.1) is 6.54 Å². The van der Waals surface area contributed by atoms with Crippen LogP contribution in [0.1, 0.15) is 17.1 Å². The van der Waals surface area contributed by atoms with Gasteiger partial charge in [-0.1, -0.05) is 12.1 Å². The van der Waals surface area contributed by atoms with Crippen LogP contribution >= 0.6 is 0 Å². The smallest absolute Gasteiger partial charge is 0.227 e. The Morgan fingerprint density at radius 1 is 1.08 bits per heavy atom. The van der Waals surface area contributed by atoms with E-state index in [0.29, 0.717) is 18.1 Å². The van der Waals surface area contributed by atoms with Crippen molar-refractivity contribution in [1.82, 2.24) is 9.80 Å². The van der Waals surface area contributed by atoms with Gasteiger partial charge in [-0.3, -0.25) is 14.6 Å². The molecule has 1 aliphatic rings. The lowest BCUT2D eigenvalue weighted by atomic mass is 10.2. The third kappa shape index (κ3) is 4.01. The van der Waals surface area contributed by atoms with Crippen molar-refractivity contribution in [3.8, 4) is 5.75 Å². The van der Waals surface area contributed by atoms with E-state index in [9.17, 15) is 14.3 Å². The Balaban J connectivity index is 1.55. The highest BCUT2D eigenvalue weighted by molar-refractivity contribution is 5.24. The summed E-state index contributed by atoms with van der Waals surface area (Å²) in [6.07, 6.45) is 0. The third-order valence-electron chi connectivity index (χ3n) is 4.27. The monoisotopic (exact) mass is 332 g/mol. The number of hydrogen-bond acceptors (Lipinski definition) is 5. The number of rotatable bonds is 4. The van der Waals surface area contributed by atoms with Gasteiger partial charge in [-0.25, -0.2) is 4.39 Å². The van der Waals surface area contributed by atoms with Crippen LogP contribution in [0, 0.1) is 12.7 Å². The lowest BCUT2D eigenvalue weighted by Gasteiger charge is -2.34.